The molecule has 60 valence electrons. The van der Waals surface area contributed by atoms with Crippen molar-refractivity contribution < 1.29 is 4.74 Å². The largest absolute Gasteiger partial charge is 0.380 e. The van der Waals surface area contributed by atoms with E-state index in [4.69, 9.17) is 4.74 Å². The fraction of sp³-hybridized carbons (Fsp3) is 1.00. The van der Waals surface area contributed by atoms with Crippen molar-refractivity contribution in [1.82, 2.24) is 0 Å². The van der Waals surface area contributed by atoms with Crippen LogP contribution >= 0.6 is 0 Å². The second-order valence-electron chi connectivity index (χ2n) is 5.00. The van der Waals surface area contributed by atoms with E-state index in [1.54, 1.807) is 0 Å². The Morgan fingerprint density at radius 3 is 1.50 bits per heavy atom. The van der Waals surface area contributed by atoms with Crippen molar-refractivity contribution in [2.45, 2.75) is 34.1 Å². The van der Waals surface area contributed by atoms with Gasteiger partial charge in [0.2, 0.25) is 0 Å². The first-order valence-corrected chi connectivity index (χ1v) is 3.99. The predicted molar refractivity (Wildman–Crippen MR) is 43.0 cm³/mol. The summed E-state index contributed by atoms with van der Waals surface area (Å²) in [7, 11) is 0. The first-order chi connectivity index (χ1) is 4.41. The van der Waals surface area contributed by atoms with E-state index < -0.39 is 0 Å². The molecule has 0 bridgehead atoms. The molecule has 1 aliphatic rings. The molecule has 0 unspecified atom stereocenters. The molecule has 0 aromatic heterocycles. The molecule has 0 spiro atoms. The summed E-state index contributed by atoms with van der Waals surface area (Å²) in [6.45, 7) is 10.9. The molecule has 1 nitrogen and oxygen atoms in total. The van der Waals surface area contributed by atoms with Crippen LogP contribution in [0.5, 0.6) is 0 Å². The van der Waals surface area contributed by atoms with Crippen LogP contribution in [0, 0.1) is 10.8 Å². The van der Waals surface area contributed by atoms with Gasteiger partial charge in [0.05, 0.1) is 13.2 Å². The minimum Gasteiger partial charge on any atom is -0.380 e. The van der Waals surface area contributed by atoms with Crippen LogP contribution in [0.2, 0.25) is 0 Å². The van der Waals surface area contributed by atoms with E-state index in [0.717, 1.165) is 13.2 Å². The van der Waals surface area contributed by atoms with E-state index >= 15 is 0 Å². The van der Waals surface area contributed by atoms with E-state index in [2.05, 4.69) is 27.7 Å². The van der Waals surface area contributed by atoms with Crippen molar-refractivity contribution in [2.24, 2.45) is 10.8 Å². The fourth-order valence-electron chi connectivity index (χ4n) is 2.00. The van der Waals surface area contributed by atoms with Crippen LogP contribution < -0.4 is 0 Å². The predicted octanol–water partition coefficient (Wildman–Crippen LogP) is 2.46. The maximum absolute atomic E-state index is 5.50. The van der Waals surface area contributed by atoms with E-state index in [1.165, 1.54) is 6.42 Å². The topological polar surface area (TPSA) is 9.23 Å². The first-order valence-electron chi connectivity index (χ1n) is 3.99. The molecular weight excluding hydrogens is 124 g/mol. The number of hydrogen-bond donors (Lipinski definition) is 0. The zero-order chi connectivity index (χ0) is 7.83. The van der Waals surface area contributed by atoms with Crippen molar-refractivity contribution in [3.05, 3.63) is 0 Å². The van der Waals surface area contributed by atoms with Crippen LogP contribution in [0.15, 0.2) is 0 Å². The Bertz CT molecular complexity index is 111. The quantitative estimate of drug-likeness (QED) is 0.505. The molecular formula is C9H18O. The summed E-state index contributed by atoms with van der Waals surface area (Å²) in [4.78, 5) is 0. The van der Waals surface area contributed by atoms with E-state index in [-0.39, 0.29) is 0 Å². The lowest BCUT2D eigenvalue weighted by atomic mass is 9.74. The van der Waals surface area contributed by atoms with Gasteiger partial charge in [0, 0.05) is 0 Å². The lowest BCUT2D eigenvalue weighted by Gasteiger charge is -2.40. The normalized spacial score (nSPS) is 30.0. The third-order valence-electron chi connectivity index (χ3n) is 1.94. The van der Waals surface area contributed by atoms with Crippen LogP contribution in [-0.2, 0) is 4.74 Å². The fourth-order valence-corrected chi connectivity index (χ4v) is 2.00. The molecule has 1 saturated heterocycles. The Kier molecular flexibility index (Phi) is 1.80. The van der Waals surface area contributed by atoms with E-state index in [0.29, 0.717) is 10.8 Å². The van der Waals surface area contributed by atoms with Gasteiger partial charge < -0.3 is 4.74 Å². The molecule has 1 fully saturated rings. The van der Waals surface area contributed by atoms with E-state index in [9.17, 15) is 0 Å². The SMILES string of the molecule is CC1(C)COCC(C)(C)C1. The maximum Gasteiger partial charge on any atom is 0.0517 e. The molecule has 10 heavy (non-hydrogen) atoms. The number of hydrogen-bond acceptors (Lipinski definition) is 1. The molecule has 1 heteroatoms. The summed E-state index contributed by atoms with van der Waals surface area (Å²) in [5, 5.41) is 0. The van der Waals surface area contributed by atoms with Crippen LogP contribution in [0.3, 0.4) is 0 Å². The average Bonchev–Trinajstić information content (AvgIpc) is 1.56. The van der Waals surface area contributed by atoms with Gasteiger partial charge in [-0.05, 0) is 17.3 Å². The third-order valence-corrected chi connectivity index (χ3v) is 1.94. The van der Waals surface area contributed by atoms with Crippen molar-refractivity contribution in [2.75, 3.05) is 13.2 Å². The molecule has 0 aromatic carbocycles. The van der Waals surface area contributed by atoms with Crippen molar-refractivity contribution in [3.8, 4) is 0 Å². The molecule has 0 aromatic rings. The zero-order valence-electron chi connectivity index (χ0n) is 7.53. The van der Waals surface area contributed by atoms with Crippen LogP contribution in [-0.4, -0.2) is 13.2 Å². The molecule has 0 atom stereocenters. The van der Waals surface area contributed by atoms with Crippen molar-refractivity contribution >= 4 is 0 Å². The first kappa shape index (κ1) is 8.06. The highest BCUT2D eigenvalue weighted by atomic mass is 16.5. The highest BCUT2D eigenvalue weighted by Gasteiger charge is 2.33. The van der Waals surface area contributed by atoms with Gasteiger partial charge >= 0.3 is 0 Å². The second-order valence-corrected chi connectivity index (χ2v) is 5.00. The Hall–Kier alpha value is -0.0400. The molecule has 0 amide bonds. The van der Waals surface area contributed by atoms with Crippen LogP contribution in [0.25, 0.3) is 0 Å². The lowest BCUT2D eigenvalue weighted by molar-refractivity contribution is -0.0603. The van der Waals surface area contributed by atoms with Gasteiger partial charge in [-0.3, -0.25) is 0 Å². The Morgan fingerprint density at radius 2 is 1.30 bits per heavy atom. The smallest absolute Gasteiger partial charge is 0.0517 e. The summed E-state index contributed by atoms with van der Waals surface area (Å²) >= 11 is 0. The minimum atomic E-state index is 0.391. The lowest BCUT2D eigenvalue weighted by Crippen LogP contribution is -2.36. The van der Waals surface area contributed by atoms with Gasteiger partial charge in [-0.25, -0.2) is 0 Å². The van der Waals surface area contributed by atoms with Gasteiger partial charge in [-0.1, -0.05) is 27.7 Å². The molecule has 1 rings (SSSR count). The van der Waals surface area contributed by atoms with Gasteiger partial charge in [0.1, 0.15) is 0 Å². The Balaban J connectivity index is 2.56. The molecule has 0 saturated carbocycles. The standard InChI is InChI=1S/C9H18O/c1-8(2)5-9(3,4)7-10-6-8/h5-7H2,1-4H3. The summed E-state index contributed by atoms with van der Waals surface area (Å²) in [6, 6.07) is 0. The molecule has 1 aliphatic heterocycles. The van der Waals surface area contributed by atoms with Gasteiger partial charge in [-0.2, -0.15) is 0 Å². The van der Waals surface area contributed by atoms with Crippen molar-refractivity contribution in [1.29, 1.82) is 0 Å². The van der Waals surface area contributed by atoms with Gasteiger partial charge in [-0.15, -0.1) is 0 Å². The second kappa shape index (κ2) is 2.23. The summed E-state index contributed by atoms with van der Waals surface area (Å²) in [5.74, 6) is 0. The highest BCUT2D eigenvalue weighted by molar-refractivity contribution is 4.82. The molecule has 0 aliphatic carbocycles. The molecule has 1 heterocycles. The van der Waals surface area contributed by atoms with E-state index in [1.807, 2.05) is 0 Å². The Morgan fingerprint density at radius 1 is 0.900 bits per heavy atom. The number of rotatable bonds is 0. The molecule has 0 radical (unpaired) electrons. The maximum atomic E-state index is 5.50. The van der Waals surface area contributed by atoms with Crippen molar-refractivity contribution in [3.63, 3.8) is 0 Å². The molecule has 0 N–H and O–H groups in total. The third kappa shape index (κ3) is 1.98. The van der Waals surface area contributed by atoms with Gasteiger partial charge in [0.25, 0.3) is 0 Å². The Labute approximate surface area is 63.8 Å². The van der Waals surface area contributed by atoms with Crippen LogP contribution in [0.4, 0.5) is 0 Å². The highest BCUT2D eigenvalue weighted by Crippen LogP contribution is 2.37. The van der Waals surface area contributed by atoms with Gasteiger partial charge in [0.15, 0.2) is 0 Å². The summed E-state index contributed by atoms with van der Waals surface area (Å²) in [6.07, 6.45) is 1.28. The summed E-state index contributed by atoms with van der Waals surface area (Å²) in [5.41, 5.74) is 0.781. The summed E-state index contributed by atoms with van der Waals surface area (Å²) < 4.78 is 5.50. The average molecular weight is 142 g/mol. The zero-order valence-corrected chi connectivity index (χ0v) is 7.53. The van der Waals surface area contributed by atoms with Crippen LogP contribution in [0.1, 0.15) is 34.1 Å². The number of ether oxygens (including phenoxy) is 1. The minimum absolute atomic E-state index is 0.391. The monoisotopic (exact) mass is 142 g/mol.